The number of aromatic nitrogens is 1. The second-order valence-corrected chi connectivity index (χ2v) is 5.46. The standard InChI is InChI=1S/C13H15BrN2/c1-8-13(9-4-5-15-7-9)11-3-2-10(14)6-12(11)16-8/h2-3,6,9,15-16H,4-5,7H2,1H3. The largest absolute Gasteiger partial charge is 0.358 e. The Labute approximate surface area is 104 Å². The van der Waals surface area contributed by atoms with Crippen LogP contribution in [0.5, 0.6) is 0 Å². The molecule has 1 unspecified atom stereocenters. The quantitative estimate of drug-likeness (QED) is 0.823. The minimum absolute atomic E-state index is 0.676. The van der Waals surface area contributed by atoms with Crippen LogP contribution in [0.3, 0.4) is 0 Å². The summed E-state index contributed by atoms with van der Waals surface area (Å²) in [5.74, 6) is 0.676. The van der Waals surface area contributed by atoms with E-state index in [-0.39, 0.29) is 0 Å². The van der Waals surface area contributed by atoms with Crippen molar-refractivity contribution in [3.63, 3.8) is 0 Å². The lowest BCUT2D eigenvalue weighted by molar-refractivity contribution is 0.763. The Balaban J connectivity index is 2.18. The SMILES string of the molecule is Cc1[nH]c2cc(Br)ccc2c1C1CCNC1. The Morgan fingerprint density at radius 1 is 1.38 bits per heavy atom. The smallest absolute Gasteiger partial charge is 0.0470 e. The Kier molecular flexibility index (Phi) is 2.52. The number of benzene rings is 1. The molecule has 2 nitrogen and oxygen atoms in total. The molecule has 2 N–H and O–H groups in total. The first-order valence-corrected chi connectivity index (χ1v) is 6.53. The number of hydrogen-bond acceptors (Lipinski definition) is 1. The van der Waals surface area contributed by atoms with Crippen molar-refractivity contribution in [3.05, 3.63) is 33.9 Å². The van der Waals surface area contributed by atoms with Crippen LogP contribution in [0.15, 0.2) is 22.7 Å². The summed E-state index contributed by atoms with van der Waals surface area (Å²) in [5.41, 5.74) is 4.07. The van der Waals surface area contributed by atoms with Gasteiger partial charge in [0.25, 0.3) is 0 Å². The summed E-state index contributed by atoms with van der Waals surface area (Å²) in [7, 11) is 0. The third-order valence-corrected chi connectivity index (χ3v) is 3.96. The molecule has 1 saturated heterocycles. The average Bonchev–Trinajstić information content (AvgIpc) is 2.83. The van der Waals surface area contributed by atoms with Crippen LogP contribution < -0.4 is 5.32 Å². The van der Waals surface area contributed by atoms with E-state index in [1.165, 1.54) is 28.6 Å². The van der Waals surface area contributed by atoms with Gasteiger partial charge in [0.05, 0.1) is 0 Å². The third kappa shape index (κ3) is 1.59. The Hall–Kier alpha value is -0.800. The average molecular weight is 279 g/mol. The van der Waals surface area contributed by atoms with Gasteiger partial charge in [-0.1, -0.05) is 22.0 Å². The topological polar surface area (TPSA) is 27.8 Å². The second kappa shape index (κ2) is 3.90. The van der Waals surface area contributed by atoms with E-state index >= 15 is 0 Å². The molecule has 0 spiro atoms. The van der Waals surface area contributed by atoms with E-state index in [1.54, 1.807) is 0 Å². The van der Waals surface area contributed by atoms with Crippen molar-refractivity contribution >= 4 is 26.8 Å². The molecule has 3 rings (SSSR count). The fourth-order valence-corrected chi connectivity index (χ4v) is 3.11. The summed E-state index contributed by atoms with van der Waals surface area (Å²) in [4.78, 5) is 3.49. The van der Waals surface area contributed by atoms with E-state index in [1.807, 2.05) is 0 Å². The van der Waals surface area contributed by atoms with Crippen molar-refractivity contribution in [3.8, 4) is 0 Å². The number of halogens is 1. The monoisotopic (exact) mass is 278 g/mol. The van der Waals surface area contributed by atoms with E-state index in [0.29, 0.717) is 5.92 Å². The zero-order valence-electron chi connectivity index (χ0n) is 9.31. The van der Waals surface area contributed by atoms with Crippen LogP contribution in [-0.2, 0) is 0 Å². The number of fused-ring (bicyclic) bond motifs is 1. The van der Waals surface area contributed by atoms with Crippen LogP contribution in [0.4, 0.5) is 0 Å². The maximum absolute atomic E-state index is 3.52. The van der Waals surface area contributed by atoms with Crippen LogP contribution in [-0.4, -0.2) is 18.1 Å². The van der Waals surface area contributed by atoms with Crippen LogP contribution in [0.2, 0.25) is 0 Å². The van der Waals surface area contributed by atoms with E-state index < -0.39 is 0 Å². The molecule has 0 bridgehead atoms. The van der Waals surface area contributed by atoms with Crippen molar-refractivity contribution in [2.75, 3.05) is 13.1 Å². The molecule has 3 heteroatoms. The van der Waals surface area contributed by atoms with Crippen molar-refractivity contribution in [2.24, 2.45) is 0 Å². The first-order valence-electron chi connectivity index (χ1n) is 5.74. The van der Waals surface area contributed by atoms with Crippen LogP contribution in [0.1, 0.15) is 23.6 Å². The molecule has 0 amide bonds. The molecule has 0 saturated carbocycles. The Morgan fingerprint density at radius 3 is 3.00 bits per heavy atom. The third-order valence-electron chi connectivity index (χ3n) is 3.47. The lowest BCUT2D eigenvalue weighted by atomic mass is 9.95. The molecular weight excluding hydrogens is 264 g/mol. The summed E-state index contributed by atoms with van der Waals surface area (Å²) in [5, 5.41) is 4.82. The predicted octanol–water partition coefficient (Wildman–Crippen LogP) is 3.32. The van der Waals surface area contributed by atoms with E-state index in [2.05, 4.69) is 51.4 Å². The summed E-state index contributed by atoms with van der Waals surface area (Å²) in [6, 6.07) is 6.51. The molecule has 1 aliphatic rings. The zero-order valence-corrected chi connectivity index (χ0v) is 10.9. The summed E-state index contributed by atoms with van der Waals surface area (Å²) >= 11 is 3.52. The van der Waals surface area contributed by atoms with Crippen LogP contribution in [0.25, 0.3) is 10.9 Å². The fraction of sp³-hybridized carbons (Fsp3) is 0.385. The van der Waals surface area contributed by atoms with Gasteiger partial charge in [0.1, 0.15) is 0 Å². The molecular formula is C13H15BrN2. The highest BCUT2D eigenvalue weighted by Gasteiger charge is 2.21. The van der Waals surface area contributed by atoms with Gasteiger partial charge in [-0.25, -0.2) is 0 Å². The van der Waals surface area contributed by atoms with Gasteiger partial charge in [0.15, 0.2) is 0 Å². The Bertz CT molecular complexity index is 524. The molecule has 2 aromatic rings. The molecule has 1 aromatic carbocycles. The lowest BCUT2D eigenvalue weighted by Crippen LogP contribution is -2.08. The number of aromatic amines is 1. The molecule has 0 aliphatic carbocycles. The molecule has 84 valence electrons. The zero-order chi connectivity index (χ0) is 11.1. The molecule has 2 heterocycles. The first-order chi connectivity index (χ1) is 7.75. The molecule has 0 radical (unpaired) electrons. The first kappa shape index (κ1) is 10.4. The van der Waals surface area contributed by atoms with Gasteiger partial charge in [-0.2, -0.15) is 0 Å². The van der Waals surface area contributed by atoms with Gasteiger partial charge in [-0.05, 0) is 43.5 Å². The van der Waals surface area contributed by atoms with Gasteiger partial charge in [0, 0.05) is 27.6 Å². The summed E-state index contributed by atoms with van der Waals surface area (Å²) in [6.07, 6.45) is 1.25. The maximum Gasteiger partial charge on any atom is 0.0470 e. The molecule has 1 aromatic heterocycles. The van der Waals surface area contributed by atoms with Crippen molar-refractivity contribution in [2.45, 2.75) is 19.3 Å². The van der Waals surface area contributed by atoms with E-state index in [4.69, 9.17) is 0 Å². The summed E-state index contributed by atoms with van der Waals surface area (Å²) in [6.45, 7) is 4.44. The minimum atomic E-state index is 0.676. The van der Waals surface area contributed by atoms with Crippen LogP contribution >= 0.6 is 15.9 Å². The highest BCUT2D eigenvalue weighted by molar-refractivity contribution is 9.10. The van der Waals surface area contributed by atoms with Crippen molar-refractivity contribution in [1.82, 2.24) is 10.3 Å². The summed E-state index contributed by atoms with van der Waals surface area (Å²) < 4.78 is 1.14. The van der Waals surface area contributed by atoms with E-state index in [9.17, 15) is 0 Å². The number of H-pyrrole nitrogens is 1. The number of hydrogen-bond donors (Lipinski definition) is 2. The molecule has 1 aliphatic heterocycles. The highest BCUT2D eigenvalue weighted by atomic mass is 79.9. The lowest BCUT2D eigenvalue weighted by Gasteiger charge is -2.08. The van der Waals surface area contributed by atoms with Gasteiger partial charge >= 0.3 is 0 Å². The number of aryl methyl sites for hydroxylation is 1. The highest BCUT2D eigenvalue weighted by Crippen LogP contribution is 2.33. The van der Waals surface area contributed by atoms with Gasteiger partial charge < -0.3 is 10.3 Å². The number of nitrogens with one attached hydrogen (secondary N) is 2. The molecule has 1 fully saturated rings. The van der Waals surface area contributed by atoms with Gasteiger partial charge in [0.2, 0.25) is 0 Å². The van der Waals surface area contributed by atoms with Gasteiger partial charge in [-0.3, -0.25) is 0 Å². The molecule has 16 heavy (non-hydrogen) atoms. The Morgan fingerprint density at radius 2 is 2.25 bits per heavy atom. The number of rotatable bonds is 1. The second-order valence-electron chi connectivity index (χ2n) is 4.54. The van der Waals surface area contributed by atoms with Crippen molar-refractivity contribution in [1.29, 1.82) is 0 Å². The molecule has 1 atom stereocenters. The minimum Gasteiger partial charge on any atom is -0.358 e. The van der Waals surface area contributed by atoms with E-state index in [0.717, 1.165) is 17.6 Å². The fourth-order valence-electron chi connectivity index (χ4n) is 2.75. The normalized spacial score (nSPS) is 20.8. The predicted molar refractivity (Wildman–Crippen MR) is 71.0 cm³/mol. The van der Waals surface area contributed by atoms with Crippen molar-refractivity contribution < 1.29 is 0 Å². The maximum atomic E-state index is 3.52. The van der Waals surface area contributed by atoms with Gasteiger partial charge in [-0.15, -0.1) is 0 Å². The van der Waals surface area contributed by atoms with Crippen LogP contribution in [0, 0.1) is 6.92 Å².